The summed E-state index contributed by atoms with van der Waals surface area (Å²) >= 11 is 0. The monoisotopic (exact) mass is 535 g/mol. The first-order chi connectivity index (χ1) is 18.4. The van der Waals surface area contributed by atoms with Gasteiger partial charge in [0.2, 0.25) is 11.8 Å². The van der Waals surface area contributed by atoms with E-state index in [4.69, 9.17) is 15.2 Å². The van der Waals surface area contributed by atoms with E-state index in [0.717, 1.165) is 4.90 Å². The minimum absolute atomic E-state index is 0.372. The molecule has 0 spiro atoms. The summed E-state index contributed by atoms with van der Waals surface area (Å²) in [7, 11) is 1.51. The van der Waals surface area contributed by atoms with Crippen LogP contribution in [0, 0.1) is 11.3 Å². The minimum Gasteiger partial charge on any atom is -0.497 e. The standard InChI is InChI=1S/C28H33N5O6/c1-6-18-8-7-9-19(16-18)24(25(35)31-20-10-12-21(38-5)13-11-20)33(15-14-29)26(36)22(17-23(30)34)32-27(37)39-28(2,3)4/h6-13,16,22,24H,1,15,17H2,2-5H3,(H2,30,34)(H,31,35)(H,32,37). The van der Waals surface area contributed by atoms with Gasteiger partial charge in [-0.1, -0.05) is 30.9 Å². The third-order valence-corrected chi connectivity index (χ3v) is 5.30. The van der Waals surface area contributed by atoms with E-state index in [1.54, 1.807) is 75.4 Å². The lowest BCUT2D eigenvalue weighted by molar-refractivity contribution is -0.141. The van der Waals surface area contributed by atoms with Crippen LogP contribution in [0.1, 0.15) is 44.4 Å². The second-order valence-electron chi connectivity index (χ2n) is 9.49. The summed E-state index contributed by atoms with van der Waals surface area (Å²) in [5, 5.41) is 14.7. The number of nitrogens with zero attached hydrogens (tertiary/aromatic N) is 2. The van der Waals surface area contributed by atoms with Gasteiger partial charge in [-0.05, 0) is 62.2 Å². The van der Waals surface area contributed by atoms with Gasteiger partial charge in [0.1, 0.15) is 30.0 Å². The number of carbonyl (C=O) groups is 4. The van der Waals surface area contributed by atoms with Crippen molar-refractivity contribution in [2.24, 2.45) is 5.73 Å². The Kier molecular flexibility index (Phi) is 10.6. The van der Waals surface area contributed by atoms with Crippen LogP contribution >= 0.6 is 0 Å². The molecule has 0 saturated carbocycles. The summed E-state index contributed by atoms with van der Waals surface area (Å²) in [4.78, 5) is 52.7. The van der Waals surface area contributed by atoms with Crippen LogP contribution in [-0.4, -0.2) is 54.0 Å². The highest BCUT2D eigenvalue weighted by molar-refractivity contribution is 6.00. The van der Waals surface area contributed by atoms with Crippen LogP contribution in [0.3, 0.4) is 0 Å². The van der Waals surface area contributed by atoms with Gasteiger partial charge in [0, 0.05) is 5.69 Å². The molecule has 0 fully saturated rings. The van der Waals surface area contributed by atoms with Gasteiger partial charge in [-0.3, -0.25) is 14.4 Å². The molecule has 4 N–H and O–H groups in total. The molecule has 0 bridgehead atoms. The summed E-state index contributed by atoms with van der Waals surface area (Å²) in [5.41, 5.74) is 5.92. The van der Waals surface area contributed by atoms with Crippen LogP contribution in [0.15, 0.2) is 55.1 Å². The summed E-state index contributed by atoms with van der Waals surface area (Å²) in [6.45, 7) is 8.09. The highest BCUT2D eigenvalue weighted by Gasteiger charge is 2.37. The third-order valence-electron chi connectivity index (χ3n) is 5.30. The van der Waals surface area contributed by atoms with E-state index < -0.39 is 54.5 Å². The van der Waals surface area contributed by atoms with E-state index >= 15 is 0 Å². The molecule has 2 aromatic carbocycles. The number of benzene rings is 2. The molecule has 11 heteroatoms. The van der Waals surface area contributed by atoms with Gasteiger partial charge in [-0.25, -0.2) is 4.79 Å². The molecule has 39 heavy (non-hydrogen) atoms. The molecule has 0 saturated heterocycles. The number of primary amides is 1. The fraction of sp³-hybridized carbons (Fsp3) is 0.321. The SMILES string of the molecule is C=Cc1cccc(C(C(=O)Nc2ccc(OC)cc2)N(CC#N)C(=O)C(CC(N)=O)NC(=O)OC(C)(C)C)c1. The smallest absolute Gasteiger partial charge is 0.408 e. The van der Waals surface area contributed by atoms with Crippen LogP contribution in [0.2, 0.25) is 0 Å². The Morgan fingerprint density at radius 1 is 1.15 bits per heavy atom. The predicted molar refractivity (Wildman–Crippen MR) is 145 cm³/mol. The van der Waals surface area contributed by atoms with Gasteiger partial charge in [-0.2, -0.15) is 5.26 Å². The Bertz CT molecular complexity index is 1250. The van der Waals surface area contributed by atoms with Crippen molar-refractivity contribution in [1.82, 2.24) is 10.2 Å². The van der Waals surface area contributed by atoms with Crippen molar-refractivity contribution in [2.75, 3.05) is 19.0 Å². The predicted octanol–water partition coefficient (Wildman–Crippen LogP) is 3.14. The van der Waals surface area contributed by atoms with Gasteiger partial charge in [0.25, 0.3) is 5.91 Å². The zero-order valence-corrected chi connectivity index (χ0v) is 22.4. The topological polar surface area (TPSA) is 164 Å². The van der Waals surface area contributed by atoms with E-state index in [9.17, 15) is 24.4 Å². The van der Waals surface area contributed by atoms with E-state index in [1.807, 2.05) is 6.07 Å². The van der Waals surface area contributed by atoms with E-state index in [-0.39, 0.29) is 0 Å². The molecular weight excluding hydrogens is 502 g/mol. The number of carbonyl (C=O) groups excluding carboxylic acids is 4. The fourth-order valence-electron chi connectivity index (χ4n) is 3.64. The van der Waals surface area contributed by atoms with Crippen LogP contribution in [0.5, 0.6) is 5.75 Å². The largest absolute Gasteiger partial charge is 0.497 e. The number of methoxy groups -OCH3 is 1. The second-order valence-corrected chi connectivity index (χ2v) is 9.49. The van der Waals surface area contributed by atoms with Crippen LogP contribution in [-0.2, 0) is 19.1 Å². The van der Waals surface area contributed by atoms with Crippen molar-refractivity contribution in [1.29, 1.82) is 5.26 Å². The number of nitriles is 1. The van der Waals surface area contributed by atoms with Gasteiger partial charge in [0.05, 0.1) is 19.6 Å². The number of anilines is 1. The van der Waals surface area contributed by atoms with E-state index in [1.165, 1.54) is 7.11 Å². The molecule has 2 aromatic rings. The molecule has 11 nitrogen and oxygen atoms in total. The molecule has 0 aromatic heterocycles. The summed E-state index contributed by atoms with van der Waals surface area (Å²) in [6, 6.07) is 12.3. The normalized spacial score (nSPS) is 12.2. The fourth-order valence-corrected chi connectivity index (χ4v) is 3.64. The Hall–Kier alpha value is -4.85. The zero-order chi connectivity index (χ0) is 29.2. The van der Waals surface area contributed by atoms with E-state index in [2.05, 4.69) is 17.2 Å². The Labute approximate surface area is 227 Å². The molecule has 0 aliphatic rings. The molecule has 2 atom stereocenters. The van der Waals surface area contributed by atoms with Gasteiger partial charge in [0.15, 0.2) is 0 Å². The van der Waals surface area contributed by atoms with Crippen molar-refractivity contribution in [3.05, 3.63) is 66.2 Å². The number of nitrogens with two attached hydrogens (primary N) is 1. The molecule has 0 aliphatic heterocycles. The summed E-state index contributed by atoms with van der Waals surface area (Å²) < 4.78 is 10.4. The molecule has 0 radical (unpaired) electrons. The summed E-state index contributed by atoms with van der Waals surface area (Å²) in [5.74, 6) is -1.82. The molecule has 0 aliphatic carbocycles. The molecule has 206 valence electrons. The number of rotatable bonds is 11. The Morgan fingerprint density at radius 3 is 2.36 bits per heavy atom. The molecule has 0 heterocycles. The van der Waals surface area contributed by atoms with Crippen LogP contribution in [0.4, 0.5) is 10.5 Å². The van der Waals surface area contributed by atoms with Crippen LogP contribution in [0.25, 0.3) is 6.08 Å². The van der Waals surface area contributed by atoms with E-state index in [0.29, 0.717) is 22.6 Å². The molecule has 4 amide bonds. The number of ether oxygens (including phenoxy) is 2. The van der Waals surface area contributed by atoms with Gasteiger partial charge >= 0.3 is 6.09 Å². The lowest BCUT2D eigenvalue weighted by atomic mass is 10.00. The second kappa shape index (κ2) is 13.6. The van der Waals surface area contributed by atoms with Gasteiger partial charge < -0.3 is 30.7 Å². The highest BCUT2D eigenvalue weighted by atomic mass is 16.6. The van der Waals surface area contributed by atoms with Crippen molar-refractivity contribution in [3.63, 3.8) is 0 Å². The molecule has 2 unspecified atom stereocenters. The number of amides is 4. The molecular formula is C28H33N5O6. The third kappa shape index (κ3) is 9.19. The number of nitrogens with one attached hydrogen (secondary N) is 2. The first kappa shape index (κ1) is 30.4. The lowest BCUT2D eigenvalue weighted by Gasteiger charge is -2.32. The zero-order valence-electron chi connectivity index (χ0n) is 22.4. The maximum absolute atomic E-state index is 13.8. The average Bonchev–Trinajstić information content (AvgIpc) is 2.86. The Morgan fingerprint density at radius 2 is 1.82 bits per heavy atom. The minimum atomic E-state index is -1.50. The van der Waals surface area contributed by atoms with Crippen molar-refractivity contribution in [3.8, 4) is 11.8 Å². The quantitative estimate of drug-likeness (QED) is 0.372. The maximum Gasteiger partial charge on any atom is 0.408 e. The number of hydrogen-bond donors (Lipinski definition) is 3. The highest BCUT2D eigenvalue weighted by Crippen LogP contribution is 2.26. The van der Waals surface area contributed by atoms with Crippen molar-refractivity contribution < 1.29 is 28.7 Å². The maximum atomic E-state index is 13.8. The Balaban J connectivity index is 2.53. The van der Waals surface area contributed by atoms with Crippen molar-refractivity contribution in [2.45, 2.75) is 44.9 Å². The first-order valence-corrected chi connectivity index (χ1v) is 12.0. The van der Waals surface area contributed by atoms with Crippen molar-refractivity contribution >= 4 is 35.6 Å². The average molecular weight is 536 g/mol. The first-order valence-electron chi connectivity index (χ1n) is 12.0. The molecule has 2 rings (SSSR count). The number of hydrogen-bond acceptors (Lipinski definition) is 7. The van der Waals surface area contributed by atoms with Crippen LogP contribution < -0.4 is 21.1 Å². The summed E-state index contributed by atoms with van der Waals surface area (Å²) in [6.07, 6.45) is 0.0182. The lowest BCUT2D eigenvalue weighted by Crippen LogP contribution is -2.53. The van der Waals surface area contributed by atoms with Gasteiger partial charge in [-0.15, -0.1) is 0 Å². The number of alkyl carbamates (subject to hydrolysis) is 1.